The van der Waals surface area contributed by atoms with Gasteiger partial charge in [-0.2, -0.15) is 5.10 Å². The van der Waals surface area contributed by atoms with Crippen LogP contribution in [-0.4, -0.2) is 30.3 Å². The zero-order valence-electron chi connectivity index (χ0n) is 13.8. The minimum absolute atomic E-state index is 0.150. The van der Waals surface area contributed by atoms with Crippen molar-refractivity contribution in [1.82, 2.24) is 15.5 Å². The van der Waals surface area contributed by atoms with E-state index in [2.05, 4.69) is 15.5 Å². The SMILES string of the molecule is COc1cccc(OC)c1C(=O)NCc1n[nH]c(=O)c2ccccc12. The number of benzene rings is 2. The summed E-state index contributed by atoms with van der Waals surface area (Å²) in [6, 6.07) is 12.2. The molecule has 0 radical (unpaired) electrons. The van der Waals surface area contributed by atoms with Crippen LogP contribution in [0.25, 0.3) is 10.8 Å². The van der Waals surface area contributed by atoms with Gasteiger partial charge in [-0.15, -0.1) is 0 Å². The molecule has 0 saturated carbocycles. The van der Waals surface area contributed by atoms with Crippen molar-refractivity contribution in [2.45, 2.75) is 6.54 Å². The molecule has 3 aromatic rings. The molecule has 0 spiro atoms. The van der Waals surface area contributed by atoms with Crippen LogP contribution in [0.15, 0.2) is 47.3 Å². The van der Waals surface area contributed by atoms with E-state index in [4.69, 9.17) is 9.47 Å². The summed E-state index contributed by atoms with van der Waals surface area (Å²) in [5.74, 6) is 0.471. The van der Waals surface area contributed by atoms with Crippen molar-refractivity contribution in [2.24, 2.45) is 0 Å². The molecule has 1 heterocycles. The molecule has 0 bridgehead atoms. The second-order valence-electron chi connectivity index (χ2n) is 5.27. The third-order valence-corrected chi connectivity index (χ3v) is 3.85. The minimum atomic E-state index is -0.355. The van der Waals surface area contributed by atoms with Gasteiger partial charge in [0.25, 0.3) is 11.5 Å². The summed E-state index contributed by atoms with van der Waals surface area (Å²) >= 11 is 0. The monoisotopic (exact) mass is 339 g/mol. The summed E-state index contributed by atoms with van der Waals surface area (Å²) in [5.41, 5.74) is 0.607. The van der Waals surface area contributed by atoms with Gasteiger partial charge in [0.05, 0.1) is 31.8 Å². The maximum atomic E-state index is 12.6. The van der Waals surface area contributed by atoms with Crippen LogP contribution >= 0.6 is 0 Å². The molecule has 128 valence electrons. The molecule has 1 amide bonds. The number of fused-ring (bicyclic) bond motifs is 1. The fraction of sp³-hybridized carbons (Fsp3) is 0.167. The van der Waals surface area contributed by atoms with Crippen molar-refractivity contribution >= 4 is 16.7 Å². The number of methoxy groups -OCH3 is 2. The number of hydrogen-bond donors (Lipinski definition) is 2. The van der Waals surface area contributed by atoms with Crippen LogP contribution in [-0.2, 0) is 6.54 Å². The number of carbonyl (C=O) groups is 1. The van der Waals surface area contributed by atoms with E-state index >= 15 is 0 Å². The van der Waals surface area contributed by atoms with Crippen molar-refractivity contribution in [3.8, 4) is 11.5 Å². The van der Waals surface area contributed by atoms with E-state index in [9.17, 15) is 9.59 Å². The van der Waals surface area contributed by atoms with E-state index in [1.165, 1.54) is 14.2 Å². The van der Waals surface area contributed by atoms with Gasteiger partial charge in [-0.05, 0) is 18.2 Å². The first-order chi connectivity index (χ1) is 12.2. The molecule has 0 unspecified atom stereocenters. The highest BCUT2D eigenvalue weighted by molar-refractivity contribution is 5.99. The highest BCUT2D eigenvalue weighted by Crippen LogP contribution is 2.28. The number of hydrogen-bond acceptors (Lipinski definition) is 5. The molecule has 2 N–H and O–H groups in total. The topological polar surface area (TPSA) is 93.3 Å². The smallest absolute Gasteiger partial charge is 0.272 e. The van der Waals surface area contributed by atoms with E-state index in [1.807, 2.05) is 6.07 Å². The highest BCUT2D eigenvalue weighted by atomic mass is 16.5. The number of nitrogens with one attached hydrogen (secondary N) is 2. The Hall–Kier alpha value is -3.35. The normalized spacial score (nSPS) is 10.5. The average Bonchev–Trinajstić information content (AvgIpc) is 2.66. The van der Waals surface area contributed by atoms with Crippen molar-refractivity contribution < 1.29 is 14.3 Å². The molecule has 0 aliphatic rings. The van der Waals surface area contributed by atoms with Gasteiger partial charge >= 0.3 is 0 Å². The molecule has 7 heteroatoms. The number of amides is 1. The number of H-pyrrole nitrogens is 1. The van der Waals surface area contributed by atoms with Gasteiger partial charge in [0.15, 0.2) is 0 Å². The van der Waals surface area contributed by atoms with Gasteiger partial charge in [0, 0.05) is 5.39 Å². The first-order valence-corrected chi connectivity index (χ1v) is 7.61. The zero-order chi connectivity index (χ0) is 17.8. The fourth-order valence-corrected chi connectivity index (χ4v) is 2.63. The van der Waals surface area contributed by atoms with Gasteiger partial charge < -0.3 is 14.8 Å². The lowest BCUT2D eigenvalue weighted by Gasteiger charge is -2.13. The number of rotatable bonds is 5. The summed E-state index contributed by atoms with van der Waals surface area (Å²) in [4.78, 5) is 24.4. The third-order valence-electron chi connectivity index (χ3n) is 3.85. The maximum Gasteiger partial charge on any atom is 0.272 e. The molecule has 2 aromatic carbocycles. The second-order valence-corrected chi connectivity index (χ2v) is 5.27. The molecule has 0 aliphatic heterocycles. The Morgan fingerprint density at radius 1 is 1.04 bits per heavy atom. The van der Waals surface area contributed by atoms with Gasteiger partial charge in [0.2, 0.25) is 0 Å². The molecule has 0 saturated heterocycles. The molecular weight excluding hydrogens is 322 g/mol. The van der Waals surface area contributed by atoms with E-state index in [1.54, 1.807) is 36.4 Å². The van der Waals surface area contributed by atoms with Crippen molar-refractivity contribution in [1.29, 1.82) is 0 Å². The second kappa shape index (κ2) is 7.04. The summed E-state index contributed by atoms with van der Waals surface area (Å²) < 4.78 is 10.5. The number of carbonyl (C=O) groups excluding carboxylic acids is 1. The van der Waals surface area contributed by atoms with Crippen LogP contribution in [0.4, 0.5) is 0 Å². The van der Waals surface area contributed by atoms with E-state index in [-0.39, 0.29) is 18.0 Å². The number of aromatic nitrogens is 2. The standard InChI is InChI=1S/C18H17N3O4/c1-24-14-8-5-9-15(25-2)16(14)18(23)19-10-13-11-6-3-4-7-12(11)17(22)21-20-13/h3-9H,10H2,1-2H3,(H,19,23)(H,21,22). The highest BCUT2D eigenvalue weighted by Gasteiger charge is 2.18. The first kappa shape index (κ1) is 16.5. The van der Waals surface area contributed by atoms with Crippen LogP contribution in [0.5, 0.6) is 11.5 Å². The van der Waals surface area contributed by atoms with E-state index < -0.39 is 0 Å². The Bertz CT molecular complexity index is 959. The molecule has 1 aromatic heterocycles. The quantitative estimate of drug-likeness (QED) is 0.740. The summed E-state index contributed by atoms with van der Waals surface area (Å²) in [7, 11) is 2.98. The summed E-state index contributed by atoms with van der Waals surface area (Å²) in [6.07, 6.45) is 0. The molecule has 0 atom stereocenters. The van der Waals surface area contributed by atoms with E-state index in [0.717, 1.165) is 0 Å². The molecular formula is C18H17N3O4. The largest absolute Gasteiger partial charge is 0.496 e. The molecule has 7 nitrogen and oxygen atoms in total. The minimum Gasteiger partial charge on any atom is -0.496 e. The lowest BCUT2D eigenvalue weighted by Crippen LogP contribution is -2.25. The number of aromatic amines is 1. The summed E-state index contributed by atoms with van der Waals surface area (Å²) in [5, 5.41) is 10.5. The maximum absolute atomic E-state index is 12.6. The van der Waals surface area contributed by atoms with Crippen LogP contribution in [0, 0.1) is 0 Å². The molecule has 25 heavy (non-hydrogen) atoms. The Balaban J connectivity index is 1.89. The first-order valence-electron chi connectivity index (χ1n) is 7.61. The van der Waals surface area contributed by atoms with Crippen molar-refractivity contribution in [3.63, 3.8) is 0 Å². The molecule has 0 fully saturated rings. The number of ether oxygens (including phenoxy) is 2. The van der Waals surface area contributed by atoms with Gasteiger partial charge in [0.1, 0.15) is 17.1 Å². The van der Waals surface area contributed by atoms with Crippen LogP contribution < -0.4 is 20.3 Å². The third kappa shape index (κ3) is 3.16. The van der Waals surface area contributed by atoms with E-state index in [0.29, 0.717) is 33.5 Å². The Kier molecular flexibility index (Phi) is 4.65. The van der Waals surface area contributed by atoms with Crippen LogP contribution in [0.1, 0.15) is 16.1 Å². The van der Waals surface area contributed by atoms with Crippen molar-refractivity contribution in [2.75, 3.05) is 14.2 Å². The van der Waals surface area contributed by atoms with Crippen LogP contribution in [0.3, 0.4) is 0 Å². The number of nitrogens with zero attached hydrogens (tertiary/aromatic N) is 1. The zero-order valence-corrected chi connectivity index (χ0v) is 13.8. The lowest BCUT2D eigenvalue weighted by atomic mass is 10.1. The van der Waals surface area contributed by atoms with Crippen LogP contribution in [0.2, 0.25) is 0 Å². The Morgan fingerprint density at radius 2 is 1.68 bits per heavy atom. The lowest BCUT2D eigenvalue weighted by molar-refractivity contribution is 0.0944. The Labute approximate surface area is 143 Å². The summed E-state index contributed by atoms with van der Waals surface area (Å²) in [6.45, 7) is 0.150. The van der Waals surface area contributed by atoms with Gasteiger partial charge in [-0.25, -0.2) is 5.10 Å². The van der Waals surface area contributed by atoms with Crippen molar-refractivity contribution in [3.05, 3.63) is 64.1 Å². The molecule has 0 aliphatic carbocycles. The molecule has 3 rings (SSSR count). The fourth-order valence-electron chi connectivity index (χ4n) is 2.63. The van der Waals surface area contributed by atoms with Gasteiger partial charge in [-0.1, -0.05) is 24.3 Å². The average molecular weight is 339 g/mol. The Morgan fingerprint density at radius 3 is 2.32 bits per heavy atom. The predicted molar refractivity (Wildman–Crippen MR) is 93.1 cm³/mol. The predicted octanol–water partition coefficient (Wildman–Crippen LogP) is 1.87. The van der Waals surface area contributed by atoms with Gasteiger partial charge in [-0.3, -0.25) is 9.59 Å².